The Morgan fingerprint density at radius 1 is 1.42 bits per heavy atom. The zero-order valence-electron chi connectivity index (χ0n) is 10.7. The van der Waals surface area contributed by atoms with E-state index in [2.05, 4.69) is 31.5 Å². The van der Waals surface area contributed by atoms with Crippen LogP contribution >= 0.6 is 27.3 Å². The van der Waals surface area contributed by atoms with Gasteiger partial charge >= 0.3 is 6.03 Å². The highest BCUT2D eigenvalue weighted by Crippen LogP contribution is 2.23. The molecule has 2 aromatic rings. The molecule has 0 aliphatic carbocycles. The number of carbonyl (C=O) groups is 1. The summed E-state index contributed by atoms with van der Waals surface area (Å²) in [5.41, 5.74) is 2.86. The highest BCUT2D eigenvalue weighted by atomic mass is 79.9. The number of halogens is 1. The summed E-state index contributed by atoms with van der Waals surface area (Å²) in [4.78, 5) is 16.0. The van der Waals surface area contributed by atoms with Crippen LogP contribution in [0.4, 0.5) is 10.5 Å². The van der Waals surface area contributed by atoms with E-state index < -0.39 is 0 Å². The maximum absolute atomic E-state index is 11.8. The number of rotatable bonds is 3. The number of amides is 2. The Morgan fingerprint density at radius 3 is 2.84 bits per heavy atom. The predicted octanol–water partition coefficient (Wildman–Crippen LogP) is 3.84. The standard InChI is InChI=1S/C13H14BrN3OS/c1-8-3-4-11(10(14)5-8)17-13(18)15-6-12-16-9(2)7-19-12/h3-5,7H,6H2,1-2H3,(H2,15,17,18). The number of anilines is 1. The molecule has 1 heterocycles. The molecule has 0 aliphatic heterocycles. The predicted molar refractivity (Wildman–Crippen MR) is 81.6 cm³/mol. The fourth-order valence-corrected chi connectivity index (χ4v) is 2.83. The number of nitrogens with zero attached hydrogens (tertiary/aromatic N) is 1. The summed E-state index contributed by atoms with van der Waals surface area (Å²) in [6, 6.07) is 5.54. The maximum Gasteiger partial charge on any atom is 0.319 e. The lowest BCUT2D eigenvalue weighted by Gasteiger charge is -2.08. The molecule has 2 rings (SSSR count). The van der Waals surface area contributed by atoms with Gasteiger partial charge in [0.15, 0.2) is 0 Å². The molecule has 0 spiro atoms. The number of aryl methyl sites for hydroxylation is 2. The minimum atomic E-state index is -0.239. The average molecular weight is 340 g/mol. The van der Waals surface area contributed by atoms with Crippen LogP contribution in [-0.2, 0) is 6.54 Å². The van der Waals surface area contributed by atoms with E-state index in [4.69, 9.17) is 0 Å². The van der Waals surface area contributed by atoms with Crippen LogP contribution in [0.2, 0.25) is 0 Å². The molecule has 1 aromatic heterocycles. The van der Waals surface area contributed by atoms with Crippen molar-refractivity contribution in [2.24, 2.45) is 0 Å². The second-order valence-corrected chi connectivity index (χ2v) is 5.97. The van der Waals surface area contributed by atoms with Gasteiger partial charge in [0.2, 0.25) is 0 Å². The van der Waals surface area contributed by atoms with Crippen LogP contribution in [0.25, 0.3) is 0 Å². The van der Waals surface area contributed by atoms with Crippen LogP contribution in [0.15, 0.2) is 28.1 Å². The molecule has 0 aliphatic rings. The Balaban J connectivity index is 1.90. The highest BCUT2D eigenvalue weighted by Gasteiger charge is 2.06. The van der Waals surface area contributed by atoms with E-state index in [1.165, 1.54) is 0 Å². The third kappa shape index (κ3) is 4.04. The van der Waals surface area contributed by atoms with Crippen LogP contribution in [0, 0.1) is 13.8 Å². The second kappa shape index (κ2) is 6.16. The van der Waals surface area contributed by atoms with Gasteiger partial charge in [-0.15, -0.1) is 11.3 Å². The molecule has 100 valence electrons. The molecule has 0 saturated carbocycles. The van der Waals surface area contributed by atoms with Gasteiger partial charge < -0.3 is 10.6 Å². The van der Waals surface area contributed by atoms with Crippen molar-refractivity contribution in [1.29, 1.82) is 0 Å². The Kier molecular flexibility index (Phi) is 4.55. The maximum atomic E-state index is 11.8. The fraction of sp³-hybridized carbons (Fsp3) is 0.231. The Morgan fingerprint density at radius 2 is 2.21 bits per heavy atom. The SMILES string of the molecule is Cc1ccc(NC(=O)NCc2nc(C)cs2)c(Br)c1. The average Bonchev–Trinajstić information content (AvgIpc) is 2.76. The Hall–Kier alpha value is -1.40. The van der Waals surface area contributed by atoms with Gasteiger partial charge in [-0.3, -0.25) is 0 Å². The van der Waals surface area contributed by atoms with Crippen LogP contribution in [0.1, 0.15) is 16.3 Å². The van der Waals surface area contributed by atoms with E-state index in [0.29, 0.717) is 6.54 Å². The number of hydrogen-bond acceptors (Lipinski definition) is 3. The molecule has 2 amide bonds. The lowest BCUT2D eigenvalue weighted by Crippen LogP contribution is -2.28. The van der Waals surface area contributed by atoms with Crippen molar-refractivity contribution in [2.75, 3.05) is 5.32 Å². The first-order valence-corrected chi connectivity index (χ1v) is 7.44. The molecule has 2 N–H and O–H groups in total. The number of benzene rings is 1. The summed E-state index contributed by atoms with van der Waals surface area (Å²) in [5.74, 6) is 0. The van der Waals surface area contributed by atoms with E-state index in [0.717, 1.165) is 26.4 Å². The number of hydrogen-bond donors (Lipinski definition) is 2. The number of nitrogens with one attached hydrogen (secondary N) is 2. The minimum absolute atomic E-state index is 0.239. The summed E-state index contributed by atoms with van der Waals surface area (Å²) in [7, 11) is 0. The quantitative estimate of drug-likeness (QED) is 0.892. The van der Waals surface area contributed by atoms with E-state index in [1.807, 2.05) is 37.4 Å². The van der Waals surface area contributed by atoms with Gasteiger partial charge in [-0.2, -0.15) is 0 Å². The van der Waals surface area contributed by atoms with Gasteiger partial charge in [-0.25, -0.2) is 9.78 Å². The number of thiazole rings is 1. The van der Waals surface area contributed by atoms with Crippen molar-refractivity contribution < 1.29 is 4.79 Å². The van der Waals surface area contributed by atoms with Crippen molar-refractivity contribution in [3.05, 3.63) is 44.3 Å². The Labute approximate surface area is 124 Å². The molecule has 1 aromatic carbocycles. The van der Waals surface area contributed by atoms with Gasteiger partial charge in [-0.05, 0) is 47.5 Å². The molecule has 6 heteroatoms. The lowest BCUT2D eigenvalue weighted by atomic mass is 10.2. The normalized spacial score (nSPS) is 10.3. The number of aromatic nitrogens is 1. The number of urea groups is 1. The largest absolute Gasteiger partial charge is 0.331 e. The van der Waals surface area contributed by atoms with E-state index in [-0.39, 0.29) is 6.03 Å². The van der Waals surface area contributed by atoms with Gasteiger partial charge in [0.05, 0.1) is 12.2 Å². The molecular weight excluding hydrogens is 326 g/mol. The highest BCUT2D eigenvalue weighted by molar-refractivity contribution is 9.10. The summed E-state index contributed by atoms with van der Waals surface area (Å²) >= 11 is 4.96. The van der Waals surface area contributed by atoms with Crippen molar-refractivity contribution in [2.45, 2.75) is 20.4 Å². The van der Waals surface area contributed by atoms with Gasteiger partial charge in [0, 0.05) is 15.5 Å². The monoisotopic (exact) mass is 339 g/mol. The molecular formula is C13H14BrN3OS. The Bertz CT molecular complexity index is 597. The van der Waals surface area contributed by atoms with Crippen molar-refractivity contribution in [3.63, 3.8) is 0 Å². The van der Waals surface area contributed by atoms with Gasteiger partial charge in [0.25, 0.3) is 0 Å². The van der Waals surface area contributed by atoms with Crippen LogP contribution < -0.4 is 10.6 Å². The van der Waals surface area contributed by atoms with E-state index in [9.17, 15) is 4.79 Å². The van der Waals surface area contributed by atoms with Crippen molar-refractivity contribution in [3.8, 4) is 0 Å². The third-order valence-corrected chi connectivity index (χ3v) is 4.06. The smallest absolute Gasteiger partial charge is 0.319 e. The first kappa shape index (κ1) is 14.0. The summed E-state index contributed by atoms with van der Waals surface area (Å²) in [6.07, 6.45) is 0. The van der Waals surface area contributed by atoms with Crippen LogP contribution in [0.3, 0.4) is 0 Å². The molecule has 0 radical (unpaired) electrons. The third-order valence-electron chi connectivity index (χ3n) is 2.44. The first-order valence-electron chi connectivity index (χ1n) is 5.76. The fourth-order valence-electron chi connectivity index (χ4n) is 1.53. The summed E-state index contributed by atoms with van der Waals surface area (Å²) < 4.78 is 0.868. The van der Waals surface area contributed by atoms with E-state index >= 15 is 0 Å². The summed E-state index contributed by atoms with van der Waals surface area (Å²) in [6.45, 7) is 4.37. The molecule has 0 unspecified atom stereocenters. The first-order chi connectivity index (χ1) is 9.04. The molecule has 19 heavy (non-hydrogen) atoms. The lowest BCUT2D eigenvalue weighted by molar-refractivity contribution is 0.251. The van der Waals surface area contributed by atoms with Gasteiger partial charge in [-0.1, -0.05) is 6.07 Å². The molecule has 0 fully saturated rings. The second-order valence-electron chi connectivity index (χ2n) is 4.17. The minimum Gasteiger partial charge on any atom is -0.331 e. The molecule has 4 nitrogen and oxygen atoms in total. The molecule has 0 bridgehead atoms. The topological polar surface area (TPSA) is 54.0 Å². The zero-order valence-corrected chi connectivity index (χ0v) is 13.1. The van der Waals surface area contributed by atoms with E-state index in [1.54, 1.807) is 11.3 Å². The number of carbonyl (C=O) groups excluding carboxylic acids is 1. The zero-order chi connectivity index (χ0) is 13.8. The molecule has 0 saturated heterocycles. The van der Waals surface area contributed by atoms with Crippen LogP contribution in [0.5, 0.6) is 0 Å². The molecule has 0 atom stereocenters. The van der Waals surface area contributed by atoms with Crippen LogP contribution in [-0.4, -0.2) is 11.0 Å². The summed E-state index contributed by atoms with van der Waals surface area (Å²) in [5, 5.41) is 8.44. The van der Waals surface area contributed by atoms with Crippen molar-refractivity contribution >= 4 is 39.0 Å². The van der Waals surface area contributed by atoms with Gasteiger partial charge in [0.1, 0.15) is 5.01 Å². The van der Waals surface area contributed by atoms with Crippen molar-refractivity contribution in [1.82, 2.24) is 10.3 Å².